The number of benzene rings is 1. The first-order chi connectivity index (χ1) is 12.0. The molecule has 1 amide bonds. The van der Waals surface area contributed by atoms with Gasteiger partial charge >= 0.3 is 0 Å². The van der Waals surface area contributed by atoms with Crippen molar-refractivity contribution in [3.63, 3.8) is 0 Å². The summed E-state index contributed by atoms with van der Waals surface area (Å²) in [6.07, 6.45) is 4.75. The van der Waals surface area contributed by atoms with E-state index in [0.29, 0.717) is 28.9 Å². The van der Waals surface area contributed by atoms with E-state index < -0.39 is 0 Å². The SMILES string of the molecule is CCOc1cc(C=CC(=O)Nc2ccnn2C(C)C)cc(Cl)c1OC. The van der Waals surface area contributed by atoms with Crippen molar-refractivity contribution >= 4 is 29.4 Å². The van der Waals surface area contributed by atoms with Crippen LogP contribution in [0.2, 0.25) is 5.02 Å². The summed E-state index contributed by atoms with van der Waals surface area (Å²) in [6, 6.07) is 5.40. The molecule has 2 aromatic rings. The van der Waals surface area contributed by atoms with Gasteiger partial charge < -0.3 is 14.8 Å². The minimum atomic E-state index is -0.257. The zero-order valence-electron chi connectivity index (χ0n) is 14.7. The number of aromatic nitrogens is 2. The van der Waals surface area contributed by atoms with Gasteiger partial charge in [-0.05, 0) is 44.5 Å². The maximum atomic E-state index is 12.1. The summed E-state index contributed by atoms with van der Waals surface area (Å²) in [7, 11) is 1.53. The molecule has 0 saturated carbocycles. The smallest absolute Gasteiger partial charge is 0.249 e. The zero-order valence-corrected chi connectivity index (χ0v) is 15.5. The molecule has 6 nitrogen and oxygen atoms in total. The number of hydrogen-bond acceptors (Lipinski definition) is 4. The lowest BCUT2D eigenvalue weighted by molar-refractivity contribution is -0.111. The maximum absolute atomic E-state index is 12.1. The Morgan fingerprint density at radius 3 is 2.84 bits per heavy atom. The molecule has 0 atom stereocenters. The topological polar surface area (TPSA) is 65.4 Å². The normalized spacial score (nSPS) is 11.1. The van der Waals surface area contributed by atoms with Gasteiger partial charge in [0.05, 0.1) is 24.9 Å². The number of ether oxygens (including phenoxy) is 2. The Morgan fingerprint density at radius 1 is 1.44 bits per heavy atom. The molecule has 0 spiro atoms. The number of carbonyl (C=O) groups excluding carboxylic acids is 1. The summed E-state index contributed by atoms with van der Waals surface area (Å²) in [6.45, 7) is 6.35. The van der Waals surface area contributed by atoms with Crippen molar-refractivity contribution < 1.29 is 14.3 Å². The third kappa shape index (κ3) is 4.76. The van der Waals surface area contributed by atoms with E-state index in [-0.39, 0.29) is 11.9 Å². The number of carbonyl (C=O) groups is 1. The van der Waals surface area contributed by atoms with Gasteiger partial charge in [-0.2, -0.15) is 5.10 Å². The van der Waals surface area contributed by atoms with Crippen LogP contribution in [-0.2, 0) is 4.79 Å². The summed E-state index contributed by atoms with van der Waals surface area (Å²) in [5, 5.41) is 7.41. The molecular formula is C18H22ClN3O3. The van der Waals surface area contributed by atoms with Gasteiger partial charge in [0.2, 0.25) is 5.91 Å². The standard InChI is InChI=1S/C18H22ClN3O3/c1-5-25-15-11-13(10-14(19)18(15)24-4)6-7-17(23)21-16-8-9-20-22(16)12(2)3/h6-12H,5H2,1-4H3,(H,21,23). The molecule has 1 aromatic carbocycles. The van der Waals surface area contributed by atoms with Gasteiger partial charge in [-0.15, -0.1) is 0 Å². The predicted molar refractivity (Wildman–Crippen MR) is 99.4 cm³/mol. The molecule has 0 aliphatic rings. The van der Waals surface area contributed by atoms with E-state index in [2.05, 4.69) is 10.4 Å². The molecule has 2 rings (SSSR count). The van der Waals surface area contributed by atoms with Gasteiger partial charge in [0.15, 0.2) is 11.5 Å². The third-order valence-electron chi connectivity index (χ3n) is 3.37. The first-order valence-corrected chi connectivity index (χ1v) is 8.37. The lowest BCUT2D eigenvalue weighted by Crippen LogP contribution is -2.14. The number of nitrogens with zero attached hydrogens (tertiary/aromatic N) is 2. The Labute approximate surface area is 152 Å². The minimum absolute atomic E-state index is 0.156. The highest BCUT2D eigenvalue weighted by molar-refractivity contribution is 6.32. The maximum Gasteiger partial charge on any atom is 0.249 e. The lowest BCUT2D eigenvalue weighted by atomic mass is 10.2. The monoisotopic (exact) mass is 363 g/mol. The number of rotatable bonds is 7. The highest BCUT2D eigenvalue weighted by atomic mass is 35.5. The van der Waals surface area contributed by atoms with E-state index in [9.17, 15) is 4.79 Å². The van der Waals surface area contributed by atoms with E-state index in [4.69, 9.17) is 21.1 Å². The van der Waals surface area contributed by atoms with Crippen LogP contribution >= 0.6 is 11.6 Å². The first-order valence-electron chi connectivity index (χ1n) is 7.99. The van der Waals surface area contributed by atoms with Crippen LogP contribution in [0.3, 0.4) is 0 Å². The fourth-order valence-corrected chi connectivity index (χ4v) is 2.61. The molecule has 0 saturated heterocycles. The van der Waals surface area contributed by atoms with Crippen molar-refractivity contribution in [3.05, 3.63) is 41.1 Å². The van der Waals surface area contributed by atoms with Gasteiger partial charge in [0.1, 0.15) is 5.82 Å². The fraction of sp³-hybridized carbons (Fsp3) is 0.333. The predicted octanol–water partition coefficient (Wildman–Crippen LogP) is 4.18. The van der Waals surface area contributed by atoms with Crippen LogP contribution in [0.1, 0.15) is 32.4 Å². The van der Waals surface area contributed by atoms with Crippen molar-refractivity contribution in [2.75, 3.05) is 19.0 Å². The van der Waals surface area contributed by atoms with E-state index in [1.807, 2.05) is 20.8 Å². The Bertz CT molecular complexity index is 769. The van der Waals surface area contributed by atoms with Crippen LogP contribution in [-0.4, -0.2) is 29.4 Å². The van der Waals surface area contributed by atoms with E-state index >= 15 is 0 Å². The molecule has 0 bridgehead atoms. The Hall–Kier alpha value is -2.47. The second-order valence-electron chi connectivity index (χ2n) is 5.54. The fourth-order valence-electron chi connectivity index (χ4n) is 2.31. The van der Waals surface area contributed by atoms with Crippen molar-refractivity contribution in [1.82, 2.24) is 9.78 Å². The lowest BCUT2D eigenvalue weighted by Gasteiger charge is -2.12. The van der Waals surface area contributed by atoms with Crippen LogP contribution in [0.4, 0.5) is 5.82 Å². The third-order valence-corrected chi connectivity index (χ3v) is 3.65. The zero-order chi connectivity index (χ0) is 18.4. The second kappa shape index (κ2) is 8.58. The molecule has 0 aliphatic heterocycles. The highest BCUT2D eigenvalue weighted by Gasteiger charge is 2.11. The van der Waals surface area contributed by atoms with Crippen molar-refractivity contribution in [3.8, 4) is 11.5 Å². The number of anilines is 1. The number of amides is 1. The highest BCUT2D eigenvalue weighted by Crippen LogP contribution is 2.36. The van der Waals surface area contributed by atoms with Gasteiger partial charge in [-0.1, -0.05) is 11.6 Å². The average Bonchev–Trinajstić information content (AvgIpc) is 3.01. The quantitative estimate of drug-likeness (QED) is 0.749. The van der Waals surface area contributed by atoms with E-state index in [1.54, 1.807) is 35.2 Å². The van der Waals surface area contributed by atoms with Crippen LogP contribution < -0.4 is 14.8 Å². The van der Waals surface area contributed by atoms with Crippen LogP contribution in [0.15, 0.2) is 30.5 Å². The van der Waals surface area contributed by atoms with Gasteiger partial charge in [0, 0.05) is 18.2 Å². The summed E-state index contributed by atoms with van der Waals surface area (Å²) in [4.78, 5) is 12.1. The molecule has 7 heteroatoms. The molecule has 0 radical (unpaired) electrons. The van der Waals surface area contributed by atoms with Crippen LogP contribution in [0.25, 0.3) is 6.08 Å². The number of halogens is 1. The minimum Gasteiger partial charge on any atom is -0.491 e. The summed E-state index contributed by atoms with van der Waals surface area (Å²) in [5.74, 6) is 1.40. The number of hydrogen-bond donors (Lipinski definition) is 1. The molecule has 1 N–H and O–H groups in total. The van der Waals surface area contributed by atoms with Crippen molar-refractivity contribution in [2.24, 2.45) is 0 Å². The van der Waals surface area contributed by atoms with Crippen LogP contribution in [0.5, 0.6) is 11.5 Å². The Kier molecular flexibility index (Phi) is 6.47. The van der Waals surface area contributed by atoms with Gasteiger partial charge in [0.25, 0.3) is 0 Å². The molecule has 1 aromatic heterocycles. The molecule has 1 heterocycles. The molecule has 134 valence electrons. The molecule has 0 aliphatic carbocycles. The first kappa shape index (κ1) is 18.9. The Morgan fingerprint density at radius 2 is 2.20 bits per heavy atom. The van der Waals surface area contributed by atoms with Crippen molar-refractivity contribution in [1.29, 1.82) is 0 Å². The van der Waals surface area contributed by atoms with Gasteiger partial charge in [-0.3, -0.25) is 4.79 Å². The Balaban J connectivity index is 2.15. The summed E-state index contributed by atoms with van der Waals surface area (Å²) < 4.78 is 12.5. The summed E-state index contributed by atoms with van der Waals surface area (Å²) in [5.41, 5.74) is 0.738. The number of nitrogens with one attached hydrogen (secondary N) is 1. The summed E-state index contributed by atoms with van der Waals surface area (Å²) >= 11 is 6.21. The molecule has 25 heavy (non-hydrogen) atoms. The van der Waals surface area contributed by atoms with Crippen LogP contribution in [0, 0.1) is 0 Å². The molecule has 0 fully saturated rings. The van der Waals surface area contributed by atoms with Crippen molar-refractivity contribution in [2.45, 2.75) is 26.8 Å². The van der Waals surface area contributed by atoms with E-state index in [1.165, 1.54) is 13.2 Å². The number of methoxy groups -OCH3 is 1. The second-order valence-corrected chi connectivity index (χ2v) is 5.95. The van der Waals surface area contributed by atoms with Gasteiger partial charge in [-0.25, -0.2) is 4.68 Å². The average molecular weight is 364 g/mol. The molecule has 0 unspecified atom stereocenters. The van der Waals surface area contributed by atoms with E-state index in [0.717, 1.165) is 5.56 Å². The molecular weight excluding hydrogens is 342 g/mol. The largest absolute Gasteiger partial charge is 0.491 e.